The molecule has 0 atom stereocenters. The summed E-state index contributed by atoms with van der Waals surface area (Å²) in [5, 5.41) is 12.9. The van der Waals surface area contributed by atoms with Crippen LogP contribution in [0.4, 0.5) is 0 Å². The summed E-state index contributed by atoms with van der Waals surface area (Å²) in [5.74, 6) is -0.288. The van der Waals surface area contributed by atoms with Gasteiger partial charge in [0.25, 0.3) is 0 Å². The van der Waals surface area contributed by atoms with Crippen molar-refractivity contribution in [2.75, 3.05) is 39.5 Å². The first-order valence-corrected chi connectivity index (χ1v) is 5.77. The zero-order valence-electron chi connectivity index (χ0n) is 9.71. The van der Waals surface area contributed by atoms with Gasteiger partial charge >= 0.3 is 0 Å². The van der Waals surface area contributed by atoms with Gasteiger partial charge in [-0.1, -0.05) is 0 Å². The third kappa shape index (κ3) is 3.12. The third-order valence-corrected chi connectivity index (χ3v) is 2.88. The molecule has 17 heavy (non-hydrogen) atoms. The second-order valence-corrected chi connectivity index (χ2v) is 3.97. The largest absolute Gasteiger partial charge is 0.388 e. The Morgan fingerprint density at radius 2 is 2.18 bits per heavy atom. The molecule has 0 radical (unpaired) electrons. The van der Waals surface area contributed by atoms with E-state index < -0.39 is 6.61 Å². The van der Waals surface area contributed by atoms with Crippen LogP contribution in [0.25, 0.3) is 0 Å². The van der Waals surface area contributed by atoms with Crippen molar-refractivity contribution in [3.8, 4) is 0 Å². The molecule has 0 aromatic carbocycles. The van der Waals surface area contributed by atoms with E-state index in [0.717, 1.165) is 32.8 Å². The van der Waals surface area contributed by atoms with Crippen LogP contribution in [0.5, 0.6) is 0 Å². The highest BCUT2D eigenvalue weighted by atomic mass is 16.5. The normalized spacial score (nSPS) is 17.2. The highest BCUT2D eigenvalue weighted by Crippen LogP contribution is 2.02. The molecule has 0 unspecified atom stereocenters. The zero-order valence-corrected chi connectivity index (χ0v) is 9.71. The molecule has 1 aromatic rings. The van der Waals surface area contributed by atoms with Crippen molar-refractivity contribution in [2.45, 2.75) is 6.54 Å². The topological polar surface area (TPSA) is 67.6 Å². The van der Waals surface area contributed by atoms with Crippen LogP contribution in [0.1, 0.15) is 10.5 Å². The number of nitrogens with zero attached hydrogens (tertiary/aromatic N) is 3. The first-order chi connectivity index (χ1) is 8.31. The Morgan fingerprint density at radius 1 is 1.41 bits per heavy atom. The van der Waals surface area contributed by atoms with Crippen molar-refractivity contribution in [3.05, 3.63) is 18.0 Å². The predicted octanol–water partition coefficient (Wildman–Crippen LogP) is -0.610. The maximum absolute atomic E-state index is 11.4. The number of hydrogen-bond acceptors (Lipinski definition) is 5. The highest BCUT2D eigenvalue weighted by Gasteiger charge is 2.13. The summed E-state index contributed by atoms with van der Waals surface area (Å²) in [7, 11) is 0. The number of aliphatic hydroxyl groups excluding tert-OH is 1. The van der Waals surface area contributed by atoms with Crippen molar-refractivity contribution >= 4 is 5.78 Å². The second kappa shape index (κ2) is 5.90. The summed E-state index contributed by atoms with van der Waals surface area (Å²) in [6.07, 6.45) is 1.59. The molecular weight excluding hydrogens is 222 g/mol. The molecule has 1 N–H and O–H groups in total. The fourth-order valence-corrected chi connectivity index (χ4v) is 1.89. The number of aliphatic hydroxyl groups is 1. The number of carbonyl (C=O) groups is 1. The van der Waals surface area contributed by atoms with Crippen LogP contribution in [0, 0.1) is 0 Å². The van der Waals surface area contributed by atoms with Crippen LogP contribution in [-0.2, 0) is 11.3 Å². The number of carbonyl (C=O) groups excluding carboxylic acids is 1. The van der Waals surface area contributed by atoms with E-state index in [1.807, 2.05) is 0 Å². The molecule has 0 saturated carbocycles. The van der Waals surface area contributed by atoms with Gasteiger partial charge in [0.05, 0.1) is 19.8 Å². The van der Waals surface area contributed by atoms with Crippen LogP contribution < -0.4 is 0 Å². The summed E-state index contributed by atoms with van der Waals surface area (Å²) in [5.41, 5.74) is 0.473. The molecule has 2 heterocycles. The number of rotatable bonds is 5. The zero-order chi connectivity index (χ0) is 12.1. The van der Waals surface area contributed by atoms with Gasteiger partial charge in [-0.3, -0.25) is 14.4 Å². The van der Waals surface area contributed by atoms with E-state index in [0.29, 0.717) is 12.2 Å². The summed E-state index contributed by atoms with van der Waals surface area (Å²) in [6.45, 7) is 4.41. The average Bonchev–Trinajstić information content (AvgIpc) is 2.85. The number of ketones is 1. The van der Waals surface area contributed by atoms with Crippen LogP contribution >= 0.6 is 0 Å². The SMILES string of the molecule is O=C(CO)c1ccnn1CCN1CCOCC1. The lowest BCUT2D eigenvalue weighted by molar-refractivity contribution is 0.0358. The number of hydrogen-bond donors (Lipinski definition) is 1. The van der Waals surface area contributed by atoms with Gasteiger partial charge in [-0.2, -0.15) is 5.10 Å². The number of Topliss-reactive ketones (excluding diaryl/α,β-unsaturated/α-hetero) is 1. The van der Waals surface area contributed by atoms with E-state index in [9.17, 15) is 4.79 Å². The van der Waals surface area contributed by atoms with Gasteiger partial charge in [0.2, 0.25) is 5.78 Å². The molecule has 0 bridgehead atoms. The van der Waals surface area contributed by atoms with Crippen LogP contribution in [0.3, 0.4) is 0 Å². The molecule has 1 aliphatic heterocycles. The molecule has 0 spiro atoms. The van der Waals surface area contributed by atoms with Gasteiger partial charge in [0.1, 0.15) is 12.3 Å². The summed E-state index contributed by atoms with van der Waals surface area (Å²) >= 11 is 0. The molecule has 1 aromatic heterocycles. The minimum absolute atomic E-state index is 0.288. The van der Waals surface area contributed by atoms with Crippen LogP contribution in [0.15, 0.2) is 12.3 Å². The molecule has 1 saturated heterocycles. The number of morpholine rings is 1. The Labute approximate surface area is 99.8 Å². The maximum Gasteiger partial charge on any atom is 0.206 e. The average molecular weight is 239 g/mol. The predicted molar refractivity (Wildman–Crippen MR) is 60.9 cm³/mol. The second-order valence-electron chi connectivity index (χ2n) is 3.97. The molecule has 1 aliphatic rings. The van der Waals surface area contributed by atoms with E-state index in [1.165, 1.54) is 0 Å². The Balaban J connectivity index is 1.89. The monoisotopic (exact) mass is 239 g/mol. The van der Waals surface area contributed by atoms with Gasteiger partial charge in [0.15, 0.2) is 0 Å². The van der Waals surface area contributed by atoms with Crippen LogP contribution in [0.2, 0.25) is 0 Å². The summed E-state index contributed by atoms with van der Waals surface area (Å²) in [4.78, 5) is 13.7. The Kier molecular flexibility index (Phi) is 4.24. The molecule has 2 rings (SSSR count). The van der Waals surface area contributed by atoms with Crippen molar-refractivity contribution in [1.82, 2.24) is 14.7 Å². The Morgan fingerprint density at radius 3 is 2.88 bits per heavy atom. The molecular formula is C11H17N3O3. The van der Waals surface area contributed by atoms with Crippen molar-refractivity contribution in [3.63, 3.8) is 0 Å². The molecule has 0 amide bonds. The molecule has 0 aliphatic carbocycles. The van der Waals surface area contributed by atoms with E-state index in [1.54, 1.807) is 16.9 Å². The molecule has 6 heteroatoms. The van der Waals surface area contributed by atoms with E-state index in [2.05, 4.69) is 10.00 Å². The highest BCUT2D eigenvalue weighted by molar-refractivity contribution is 5.95. The fraction of sp³-hybridized carbons (Fsp3) is 0.636. The van der Waals surface area contributed by atoms with Gasteiger partial charge in [0, 0.05) is 25.8 Å². The first kappa shape index (κ1) is 12.2. The molecule has 1 fully saturated rings. The maximum atomic E-state index is 11.4. The van der Waals surface area contributed by atoms with Gasteiger partial charge in [-0.05, 0) is 6.07 Å². The minimum Gasteiger partial charge on any atom is -0.388 e. The lowest BCUT2D eigenvalue weighted by Gasteiger charge is -2.26. The quantitative estimate of drug-likeness (QED) is 0.694. The van der Waals surface area contributed by atoms with Gasteiger partial charge < -0.3 is 9.84 Å². The number of ether oxygens (including phenoxy) is 1. The Hall–Kier alpha value is -1.24. The van der Waals surface area contributed by atoms with E-state index in [-0.39, 0.29) is 5.78 Å². The van der Waals surface area contributed by atoms with Crippen molar-refractivity contribution in [2.24, 2.45) is 0 Å². The van der Waals surface area contributed by atoms with Gasteiger partial charge in [-0.25, -0.2) is 0 Å². The number of aromatic nitrogens is 2. The van der Waals surface area contributed by atoms with E-state index in [4.69, 9.17) is 9.84 Å². The fourth-order valence-electron chi connectivity index (χ4n) is 1.89. The van der Waals surface area contributed by atoms with Crippen LogP contribution in [-0.4, -0.2) is 65.0 Å². The summed E-state index contributed by atoms with van der Waals surface area (Å²) in [6, 6.07) is 1.64. The molecule has 94 valence electrons. The standard InChI is InChI=1S/C11H17N3O3/c15-9-11(16)10-1-2-12-14(10)4-3-13-5-7-17-8-6-13/h1-2,15H,3-9H2. The van der Waals surface area contributed by atoms with Gasteiger partial charge in [-0.15, -0.1) is 0 Å². The Bertz CT molecular complexity index is 372. The summed E-state index contributed by atoms with van der Waals surface area (Å²) < 4.78 is 6.91. The molecule has 6 nitrogen and oxygen atoms in total. The lowest BCUT2D eigenvalue weighted by Crippen LogP contribution is -2.38. The van der Waals surface area contributed by atoms with Crippen molar-refractivity contribution in [1.29, 1.82) is 0 Å². The van der Waals surface area contributed by atoms with E-state index >= 15 is 0 Å². The first-order valence-electron chi connectivity index (χ1n) is 5.77. The smallest absolute Gasteiger partial charge is 0.206 e. The lowest BCUT2D eigenvalue weighted by atomic mass is 10.3. The third-order valence-electron chi connectivity index (χ3n) is 2.88. The van der Waals surface area contributed by atoms with Crippen molar-refractivity contribution < 1.29 is 14.6 Å². The minimum atomic E-state index is -0.469.